The highest BCUT2D eigenvalue weighted by molar-refractivity contribution is 7.08. The predicted octanol–water partition coefficient (Wildman–Crippen LogP) is 3.19. The van der Waals surface area contributed by atoms with Gasteiger partial charge in [-0.3, -0.25) is 0 Å². The molecule has 0 fully saturated rings. The molecule has 1 atom stereocenters. The molecule has 3 heterocycles. The SMILES string of the molecule is c1ccc2c(c1)CN[C@H](c1nc(-c3ccsc3)no1)C2. The summed E-state index contributed by atoms with van der Waals surface area (Å²) in [6.07, 6.45) is 0.890. The van der Waals surface area contributed by atoms with Crippen LogP contribution in [0, 0.1) is 0 Å². The Morgan fingerprint density at radius 1 is 1.20 bits per heavy atom. The molecule has 20 heavy (non-hydrogen) atoms. The Hall–Kier alpha value is -1.98. The first-order chi connectivity index (χ1) is 9.90. The lowest BCUT2D eigenvalue weighted by Crippen LogP contribution is -2.28. The van der Waals surface area contributed by atoms with Crippen LogP contribution in [-0.4, -0.2) is 10.1 Å². The van der Waals surface area contributed by atoms with E-state index < -0.39 is 0 Å². The lowest BCUT2D eigenvalue weighted by Gasteiger charge is -2.23. The van der Waals surface area contributed by atoms with E-state index in [-0.39, 0.29) is 6.04 Å². The van der Waals surface area contributed by atoms with E-state index in [2.05, 4.69) is 39.7 Å². The molecule has 100 valence electrons. The molecule has 4 nitrogen and oxygen atoms in total. The summed E-state index contributed by atoms with van der Waals surface area (Å²) in [5.41, 5.74) is 3.72. The summed E-state index contributed by atoms with van der Waals surface area (Å²) in [4.78, 5) is 4.52. The molecule has 0 aliphatic carbocycles. The van der Waals surface area contributed by atoms with Crippen molar-refractivity contribution in [2.45, 2.75) is 19.0 Å². The van der Waals surface area contributed by atoms with Crippen molar-refractivity contribution in [2.24, 2.45) is 0 Å². The molecule has 1 aromatic carbocycles. The number of thiophene rings is 1. The topological polar surface area (TPSA) is 51.0 Å². The fourth-order valence-corrected chi connectivity index (χ4v) is 3.15. The van der Waals surface area contributed by atoms with Crippen LogP contribution in [0.25, 0.3) is 11.4 Å². The summed E-state index contributed by atoms with van der Waals surface area (Å²) in [5, 5.41) is 11.6. The molecule has 5 heteroatoms. The molecule has 0 bridgehead atoms. The van der Waals surface area contributed by atoms with Gasteiger partial charge in [0.05, 0.1) is 6.04 Å². The summed E-state index contributed by atoms with van der Waals surface area (Å²) in [5.74, 6) is 1.34. The summed E-state index contributed by atoms with van der Waals surface area (Å²) in [6, 6.07) is 10.6. The Kier molecular flexibility index (Phi) is 2.86. The van der Waals surface area contributed by atoms with Crippen molar-refractivity contribution in [2.75, 3.05) is 0 Å². The Bertz CT molecular complexity index is 720. The van der Waals surface area contributed by atoms with E-state index >= 15 is 0 Å². The first-order valence-electron chi connectivity index (χ1n) is 6.56. The largest absolute Gasteiger partial charge is 0.337 e. The Morgan fingerprint density at radius 3 is 2.95 bits per heavy atom. The monoisotopic (exact) mass is 283 g/mol. The molecule has 1 aliphatic heterocycles. The van der Waals surface area contributed by atoms with Crippen molar-refractivity contribution in [1.29, 1.82) is 0 Å². The van der Waals surface area contributed by atoms with Gasteiger partial charge >= 0.3 is 0 Å². The molecule has 0 radical (unpaired) electrons. The minimum Gasteiger partial charge on any atom is -0.337 e. The minimum absolute atomic E-state index is 0.102. The van der Waals surface area contributed by atoms with Gasteiger partial charge in [-0.1, -0.05) is 29.4 Å². The van der Waals surface area contributed by atoms with Crippen LogP contribution in [-0.2, 0) is 13.0 Å². The smallest absolute Gasteiger partial charge is 0.244 e. The molecule has 2 aromatic heterocycles. The van der Waals surface area contributed by atoms with Crippen molar-refractivity contribution in [3.8, 4) is 11.4 Å². The van der Waals surface area contributed by atoms with Gasteiger partial charge in [-0.25, -0.2) is 0 Å². The van der Waals surface area contributed by atoms with Crippen molar-refractivity contribution >= 4 is 11.3 Å². The van der Waals surface area contributed by atoms with Gasteiger partial charge in [0.25, 0.3) is 0 Å². The van der Waals surface area contributed by atoms with Gasteiger partial charge in [0, 0.05) is 17.5 Å². The second kappa shape index (κ2) is 4.85. The van der Waals surface area contributed by atoms with Crippen LogP contribution in [0.1, 0.15) is 23.1 Å². The molecular formula is C15H13N3OS. The van der Waals surface area contributed by atoms with E-state index in [0.29, 0.717) is 11.7 Å². The van der Waals surface area contributed by atoms with Crippen LogP contribution in [0.2, 0.25) is 0 Å². The molecular weight excluding hydrogens is 270 g/mol. The van der Waals surface area contributed by atoms with Gasteiger partial charge in [0.2, 0.25) is 11.7 Å². The number of nitrogens with one attached hydrogen (secondary N) is 1. The van der Waals surface area contributed by atoms with E-state index in [1.54, 1.807) is 11.3 Å². The summed E-state index contributed by atoms with van der Waals surface area (Å²) in [7, 11) is 0. The molecule has 3 aromatic rings. The minimum atomic E-state index is 0.102. The predicted molar refractivity (Wildman–Crippen MR) is 77.3 cm³/mol. The fourth-order valence-electron chi connectivity index (χ4n) is 2.51. The highest BCUT2D eigenvalue weighted by Gasteiger charge is 2.24. The summed E-state index contributed by atoms with van der Waals surface area (Å²) >= 11 is 1.63. The zero-order chi connectivity index (χ0) is 13.4. The first kappa shape index (κ1) is 11.8. The maximum Gasteiger partial charge on any atom is 0.244 e. The van der Waals surface area contributed by atoms with Gasteiger partial charge < -0.3 is 9.84 Å². The number of nitrogens with zero attached hydrogens (tertiary/aromatic N) is 2. The molecule has 1 aliphatic rings. The lowest BCUT2D eigenvalue weighted by molar-refractivity contribution is 0.321. The molecule has 0 saturated heterocycles. The molecule has 0 saturated carbocycles. The molecule has 1 N–H and O–H groups in total. The zero-order valence-corrected chi connectivity index (χ0v) is 11.6. The average molecular weight is 283 g/mol. The van der Waals surface area contributed by atoms with Gasteiger partial charge in [0.1, 0.15) is 0 Å². The van der Waals surface area contributed by atoms with E-state index in [9.17, 15) is 0 Å². The van der Waals surface area contributed by atoms with Crippen molar-refractivity contribution in [3.05, 3.63) is 58.1 Å². The third-order valence-electron chi connectivity index (χ3n) is 3.60. The van der Waals surface area contributed by atoms with Crippen LogP contribution in [0.4, 0.5) is 0 Å². The maximum absolute atomic E-state index is 5.42. The first-order valence-corrected chi connectivity index (χ1v) is 7.51. The third kappa shape index (κ3) is 2.05. The van der Waals surface area contributed by atoms with Crippen molar-refractivity contribution in [3.63, 3.8) is 0 Å². The number of aromatic nitrogens is 2. The Labute approximate surface area is 120 Å². The standard InChI is InChI=1S/C15H13N3OS/c1-2-4-11-8-16-13(7-10(11)3-1)15-17-14(18-19-15)12-5-6-20-9-12/h1-6,9,13,16H,7-8H2/t13-/m0/s1. The van der Waals surface area contributed by atoms with Crippen LogP contribution < -0.4 is 5.32 Å². The fraction of sp³-hybridized carbons (Fsp3) is 0.200. The van der Waals surface area contributed by atoms with Crippen LogP contribution in [0.5, 0.6) is 0 Å². The van der Waals surface area contributed by atoms with E-state index in [4.69, 9.17) is 4.52 Å². The van der Waals surface area contributed by atoms with E-state index in [1.165, 1.54) is 11.1 Å². The van der Waals surface area contributed by atoms with Gasteiger partial charge in [-0.15, -0.1) is 0 Å². The summed E-state index contributed by atoms with van der Waals surface area (Å²) in [6.45, 7) is 0.844. The van der Waals surface area contributed by atoms with E-state index in [1.807, 2.05) is 16.8 Å². The molecule has 0 unspecified atom stereocenters. The maximum atomic E-state index is 5.42. The molecule has 0 spiro atoms. The summed E-state index contributed by atoms with van der Waals surface area (Å²) < 4.78 is 5.42. The second-order valence-corrected chi connectivity index (χ2v) is 5.65. The number of rotatable bonds is 2. The zero-order valence-electron chi connectivity index (χ0n) is 10.7. The molecule has 4 rings (SSSR count). The van der Waals surface area contributed by atoms with E-state index in [0.717, 1.165) is 18.5 Å². The highest BCUT2D eigenvalue weighted by atomic mass is 32.1. The van der Waals surface area contributed by atoms with Crippen molar-refractivity contribution in [1.82, 2.24) is 15.5 Å². The van der Waals surface area contributed by atoms with Gasteiger partial charge in [-0.05, 0) is 29.0 Å². The number of hydrogen-bond donors (Lipinski definition) is 1. The number of fused-ring (bicyclic) bond motifs is 1. The average Bonchev–Trinajstić information content (AvgIpc) is 3.17. The Balaban J connectivity index is 1.60. The second-order valence-electron chi connectivity index (χ2n) is 4.87. The van der Waals surface area contributed by atoms with Crippen LogP contribution in [0.15, 0.2) is 45.6 Å². The Morgan fingerprint density at radius 2 is 2.10 bits per heavy atom. The number of hydrogen-bond acceptors (Lipinski definition) is 5. The highest BCUT2D eigenvalue weighted by Crippen LogP contribution is 2.26. The van der Waals surface area contributed by atoms with Crippen LogP contribution >= 0.6 is 11.3 Å². The molecule has 0 amide bonds. The van der Waals surface area contributed by atoms with Gasteiger partial charge in [-0.2, -0.15) is 16.3 Å². The third-order valence-corrected chi connectivity index (χ3v) is 4.28. The van der Waals surface area contributed by atoms with Gasteiger partial charge in [0.15, 0.2) is 0 Å². The quantitative estimate of drug-likeness (QED) is 0.784. The van der Waals surface area contributed by atoms with Crippen LogP contribution in [0.3, 0.4) is 0 Å². The lowest BCUT2D eigenvalue weighted by atomic mass is 9.96. The van der Waals surface area contributed by atoms with Crippen molar-refractivity contribution < 1.29 is 4.52 Å². The number of benzene rings is 1. The normalized spacial score (nSPS) is 17.9.